The molecule has 1 unspecified atom stereocenters. The molecule has 1 aromatic carbocycles. The van der Waals surface area contributed by atoms with Crippen molar-refractivity contribution >= 4 is 57.4 Å². The van der Waals surface area contributed by atoms with Gasteiger partial charge in [-0.1, -0.05) is 11.6 Å². The molecule has 4 rings (SSSR count). The fourth-order valence-electron chi connectivity index (χ4n) is 3.09. The van der Waals surface area contributed by atoms with Crippen molar-refractivity contribution in [2.24, 2.45) is 0 Å². The van der Waals surface area contributed by atoms with Gasteiger partial charge in [-0.05, 0) is 32.0 Å². The van der Waals surface area contributed by atoms with Gasteiger partial charge >= 0.3 is 0 Å². The van der Waals surface area contributed by atoms with Gasteiger partial charge in [0.25, 0.3) is 0 Å². The van der Waals surface area contributed by atoms with E-state index in [1.54, 1.807) is 18.5 Å². The van der Waals surface area contributed by atoms with Gasteiger partial charge in [-0.2, -0.15) is 0 Å². The highest BCUT2D eigenvalue weighted by Crippen LogP contribution is 2.33. The number of ether oxygens (including phenoxy) is 1. The number of nitrogens with one attached hydrogen (secondary N) is 3. The summed E-state index contributed by atoms with van der Waals surface area (Å²) in [5, 5.41) is 8.73. The molecule has 2 aromatic heterocycles. The normalized spacial score (nSPS) is 19.3. The first kappa shape index (κ1) is 18.9. The SMILES string of the molecule is CC1(C)CNC(C(=O)Nc2cc(Cl)cc3c2[nH]c2cnccc23)CO1.Cl. The second-order valence-corrected chi connectivity index (χ2v) is 7.35. The Morgan fingerprint density at radius 2 is 2.19 bits per heavy atom. The molecule has 26 heavy (non-hydrogen) atoms. The number of nitrogens with zero attached hydrogens (tertiary/aromatic N) is 1. The molecule has 1 aliphatic rings. The maximum atomic E-state index is 12.6. The molecule has 0 radical (unpaired) electrons. The number of rotatable bonds is 2. The van der Waals surface area contributed by atoms with Crippen LogP contribution >= 0.6 is 24.0 Å². The number of carbonyl (C=O) groups excluding carboxylic acids is 1. The molecule has 3 N–H and O–H groups in total. The highest BCUT2D eigenvalue weighted by Gasteiger charge is 2.31. The Labute approximate surface area is 162 Å². The summed E-state index contributed by atoms with van der Waals surface area (Å²) in [5.74, 6) is -0.143. The number of halogens is 2. The molecule has 3 heterocycles. The third-order valence-corrected chi connectivity index (χ3v) is 4.68. The van der Waals surface area contributed by atoms with E-state index in [0.717, 1.165) is 21.8 Å². The van der Waals surface area contributed by atoms with Crippen molar-refractivity contribution in [3.8, 4) is 0 Å². The lowest BCUT2D eigenvalue weighted by molar-refractivity contribution is -0.125. The third kappa shape index (κ3) is 3.50. The molecule has 1 fully saturated rings. The summed E-state index contributed by atoms with van der Waals surface area (Å²) in [6.45, 7) is 4.94. The average Bonchev–Trinajstić information content (AvgIpc) is 2.93. The molecule has 6 nitrogen and oxygen atoms in total. The zero-order valence-corrected chi connectivity index (χ0v) is 16.0. The summed E-state index contributed by atoms with van der Waals surface area (Å²) in [5.41, 5.74) is 2.12. The Hall–Kier alpha value is -1.86. The Morgan fingerprint density at radius 1 is 1.38 bits per heavy atom. The molecule has 3 aromatic rings. The number of fused-ring (bicyclic) bond motifs is 3. The fourth-order valence-corrected chi connectivity index (χ4v) is 3.31. The number of morpholine rings is 1. The van der Waals surface area contributed by atoms with Crippen LogP contribution < -0.4 is 10.6 Å². The van der Waals surface area contributed by atoms with Gasteiger partial charge in [0.1, 0.15) is 6.04 Å². The lowest BCUT2D eigenvalue weighted by Gasteiger charge is -2.35. The van der Waals surface area contributed by atoms with Crippen LogP contribution in [0.1, 0.15) is 13.8 Å². The largest absolute Gasteiger partial charge is 0.372 e. The van der Waals surface area contributed by atoms with Crippen LogP contribution in [0.3, 0.4) is 0 Å². The van der Waals surface area contributed by atoms with Gasteiger partial charge in [0.15, 0.2) is 0 Å². The van der Waals surface area contributed by atoms with Crippen molar-refractivity contribution in [2.75, 3.05) is 18.5 Å². The Bertz CT molecular complexity index is 960. The van der Waals surface area contributed by atoms with E-state index in [0.29, 0.717) is 23.9 Å². The molecule has 0 aliphatic carbocycles. The quantitative estimate of drug-likeness (QED) is 0.621. The number of H-pyrrole nitrogens is 1. The number of anilines is 1. The smallest absolute Gasteiger partial charge is 0.243 e. The van der Waals surface area contributed by atoms with E-state index in [2.05, 4.69) is 20.6 Å². The number of hydrogen-bond donors (Lipinski definition) is 3. The summed E-state index contributed by atoms with van der Waals surface area (Å²) < 4.78 is 5.73. The fraction of sp³-hybridized carbons (Fsp3) is 0.333. The summed E-state index contributed by atoms with van der Waals surface area (Å²) in [7, 11) is 0. The van der Waals surface area contributed by atoms with Crippen LogP contribution in [0.5, 0.6) is 0 Å². The maximum absolute atomic E-state index is 12.6. The topological polar surface area (TPSA) is 79.0 Å². The van der Waals surface area contributed by atoms with E-state index in [4.69, 9.17) is 16.3 Å². The third-order valence-electron chi connectivity index (χ3n) is 4.46. The minimum atomic E-state index is -0.395. The van der Waals surface area contributed by atoms with Crippen LogP contribution in [0.15, 0.2) is 30.6 Å². The van der Waals surface area contributed by atoms with E-state index in [9.17, 15) is 4.79 Å². The standard InChI is InChI=1S/C18H19ClN4O2.ClH/c1-18(2)9-21-15(8-25-18)17(24)23-13-6-10(19)5-12-11-3-4-20-7-14(11)22-16(12)13;/h3-7,15,21-22H,8-9H2,1-2H3,(H,23,24);1H. The molecular formula is C18H20Cl2N4O2. The number of aromatic nitrogens is 2. The second-order valence-electron chi connectivity index (χ2n) is 6.92. The van der Waals surface area contributed by atoms with E-state index in [-0.39, 0.29) is 23.9 Å². The van der Waals surface area contributed by atoms with Gasteiger partial charge in [-0.3, -0.25) is 9.78 Å². The van der Waals surface area contributed by atoms with Crippen LogP contribution in [0.4, 0.5) is 5.69 Å². The van der Waals surface area contributed by atoms with Crippen molar-refractivity contribution in [1.82, 2.24) is 15.3 Å². The number of pyridine rings is 1. The summed E-state index contributed by atoms with van der Waals surface area (Å²) in [6, 6.07) is 5.16. The lowest BCUT2D eigenvalue weighted by Crippen LogP contribution is -2.55. The second kappa shape index (κ2) is 7.04. The van der Waals surface area contributed by atoms with Crippen molar-refractivity contribution in [3.63, 3.8) is 0 Å². The first-order chi connectivity index (χ1) is 11.9. The molecule has 0 bridgehead atoms. The highest BCUT2D eigenvalue weighted by atomic mass is 35.5. The zero-order chi connectivity index (χ0) is 17.6. The van der Waals surface area contributed by atoms with E-state index in [1.807, 2.05) is 26.0 Å². The van der Waals surface area contributed by atoms with Gasteiger partial charge in [0, 0.05) is 28.5 Å². The summed E-state index contributed by atoms with van der Waals surface area (Å²) in [6.07, 6.45) is 3.49. The minimum absolute atomic E-state index is 0. The molecule has 0 saturated carbocycles. The van der Waals surface area contributed by atoms with Crippen LogP contribution in [-0.4, -0.2) is 40.7 Å². The molecule has 1 saturated heterocycles. The number of benzene rings is 1. The van der Waals surface area contributed by atoms with Gasteiger partial charge in [-0.15, -0.1) is 12.4 Å². The predicted molar refractivity (Wildman–Crippen MR) is 106 cm³/mol. The molecule has 8 heteroatoms. The van der Waals surface area contributed by atoms with Crippen LogP contribution in [0.25, 0.3) is 21.8 Å². The van der Waals surface area contributed by atoms with Gasteiger partial charge in [-0.25, -0.2) is 0 Å². The zero-order valence-electron chi connectivity index (χ0n) is 14.4. The average molecular weight is 395 g/mol. The number of hydrogen-bond acceptors (Lipinski definition) is 4. The van der Waals surface area contributed by atoms with Crippen LogP contribution in [-0.2, 0) is 9.53 Å². The van der Waals surface area contributed by atoms with E-state index < -0.39 is 6.04 Å². The summed E-state index contributed by atoms with van der Waals surface area (Å²) >= 11 is 6.27. The molecule has 0 spiro atoms. The summed E-state index contributed by atoms with van der Waals surface area (Å²) in [4.78, 5) is 20.1. The minimum Gasteiger partial charge on any atom is -0.372 e. The van der Waals surface area contributed by atoms with Crippen molar-refractivity contribution < 1.29 is 9.53 Å². The Kier molecular flexibility index (Phi) is 5.12. The predicted octanol–water partition coefficient (Wildman–Crippen LogP) is 3.50. The Balaban J connectivity index is 0.00000196. The monoisotopic (exact) mass is 394 g/mol. The number of amides is 1. The molecule has 138 valence electrons. The lowest BCUT2D eigenvalue weighted by atomic mass is 10.1. The van der Waals surface area contributed by atoms with Gasteiger partial charge < -0.3 is 20.4 Å². The van der Waals surface area contributed by atoms with Crippen LogP contribution in [0.2, 0.25) is 5.02 Å². The molecule has 1 amide bonds. The van der Waals surface area contributed by atoms with Gasteiger partial charge in [0.05, 0.1) is 35.1 Å². The number of aromatic amines is 1. The first-order valence-corrected chi connectivity index (χ1v) is 8.54. The van der Waals surface area contributed by atoms with E-state index in [1.165, 1.54) is 0 Å². The first-order valence-electron chi connectivity index (χ1n) is 8.16. The maximum Gasteiger partial charge on any atom is 0.243 e. The van der Waals surface area contributed by atoms with Crippen LogP contribution in [0, 0.1) is 0 Å². The molecule has 1 aliphatic heterocycles. The van der Waals surface area contributed by atoms with Crippen molar-refractivity contribution in [3.05, 3.63) is 35.6 Å². The molecular weight excluding hydrogens is 375 g/mol. The van der Waals surface area contributed by atoms with Crippen molar-refractivity contribution in [2.45, 2.75) is 25.5 Å². The van der Waals surface area contributed by atoms with Gasteiger partial charge in [0.2, 0.25) is 5.91 Å². The Morgan fingerprint density at radius 3 is 2.92 bits per heavy atom. The number of carbonyl (C=O) groups is 1. The van der Waals surface area contributed by atoms with E-state index >= 15 is 0 Å². The molecule has 1 atom stereocenters. The van der Waals surface area contributed by atoms with Crippen molar-refractivity contribution in [1.29, 1.82) is 0 Å². The highest BCUT2D eigenvalue weighted by molar-refractivity contribution is 6.32.